The average Bonchev–Trinajstić information content (AvgIpc) is 2.66. The van der Waals surface area contributed by atoms with Gasteiger partial charge in [-0.1, -0.05) is 0 Å². The third kappa shape index (κ3) is 3.80. The van der Waals surface area contributed by atoms with E-state index in [0.717, 1.165) is 9.75 Å². The number of hydrogen-bond acceptors (Lipinski definition) is 5. The number of hydrogen-bond donors (Lipinski definition) is 0. The summed E-state index contributed by atoms with van der Waals surface area (Å²) in [5.41, 5.74) is 0. The molecular weight excluding hydrogens is 298 g/mol. The molecule has 0 unspecified atom stereocenters. The van der Waals surface area contributed by atoms with Crippen LogP contribution in [0.1, 0.15) is 30.5 Å². The maximum Gasteiger partial charge on any atom is 0.321 e. The predicted molar refractivity (Wildman–Crippen MR) is 79.5 cm³/mol. The van der Waals surface area contributed by atoms with Crippen molar-refractivity contribution in [1.82, 2.24) is 4.31 Å². The van der Waals surface area contributed by atoms with E-state index in [-0.39, 0.29) is 24.1 Å². The molecular formula is C13H21NO4S2. The van der Waals surface area contributed by atoms with Crippen molar-refractivity contribution in [2.75, 3.05) is 13.2 Å². The summed E-state index contributed by atoms with van der Waals surface area (Å²) in [5, 5.41) is 0. The summed E-state index contributed by atoms with van der Waals surface area (Å²) in [4.78, 5) is 13.5. The highest BCUT2D eigenvalue weighted by Gasteiger charge is 2.31. The fourth-order valence-corrected chi connectivity index (χ4v) is 4.98. The zero-order valence-electron chi connectivity index (χ0n) is 12.5. The number of sulfonamides is 1. The van der Waals surface area contributed by atoms with E-state index in [2.05, 4.69) is 0 Å². The van der Waals surface area contributed by atoms with Crippen molar-refractivity contribution >= 4 is 27.3 Å². The molecule has 0 fully saturated rings. The Balaban J connectivity index is 3.13. The van der Waals surface area contributed by atoms with Gasteiger partial charge in [0.2, 0.25) is 10.0 Å². The molecule has 1 rings (SSSR count). The van der Waals surface area contributed by atoms with Gasteiger partial charge >= 0.3 is 5.97 Å². The quantitative estimate of drug-likeness (QED) is 0.755. The lowest BCUT2D eigenvalue weighted by atomic mass is 10.4. The van der Waals surface area contributed by atoms with E-state index < -0.39 is 16.0 Å². The van der Waals surface area contributed by atoms with Crippen molar-refractivity contribution < 1.29 is 17.9 Å². The summed E-state index contributed by atoms with van der Waals surface area (Å²) in [6.07, 6.45) is 0. The van der Waals surface area contributed by atoms with Gasteiger partial charge in [-0.25, -0.2) is 8.42 Å². The van der Waals surface area contributed by atoms with E-state index in [1.165, 1.54) is 15.6 Å². The van der Waals surface area contributed by atoms with Crippen LogP contribution < -0.4 is 0 Å². The molecule has 0 amide bonds. The van der Waals surface area contributed by atoms with Crippen LogP contribution in [-0.4, -0.2) is 37.9 Å². The molecule has 0 saturated carbocycles. The Hall–Kier alpha value is -0.920. The highest BCUT2D eigenvalue weighted by Crippen LogP contribution is 2.28. The molecule has 0 aliphatic carbocycles. The molecule has 1 aromatic rings. The molecule has 1 heterocycles. The normalized spacial score (nSPS) is 12.2. The van der Waals surface area contributed by atoms with Crippen LogP contribution in [0.25, 0.3) is 0 Å². The van der Waals surface area contributed by atoms with Crippen molar-refractivity contribution in [2.24, 2.45) is 0 Å². The van der Waals surface area contributed by atoms with Crippen molar-refractivity contribution in [2.45, 2.75) is 45.6 Å². The summed E-state index contributed by atoms with van der Waals surface area (Å²) in [6.45, 7) is 8.79. The molecule has 0 bridgehead atoms. The van der Waals surface area contributed by atoms with Gasteiger partial charge in [0.15, 0.2) is 0 Å². The summed E-state index contributed by atoms with van der Waals surface area (Å²) in [6, 6.07) is 1.33. The second-order valence-electron chi connectivity index (χ2n) is 4.73. The molecule has 0 atom stereocenters. The highest BCUT2D eigenvalue weighted by molar-refractivity contribution is 7.89. The smallest absolute Gasteiger partial charge is 0.321 e. The molecule has 0 aliphatic rings. The molecule has 5 nitrogen and oxygen atoms in total. The molecule has 1 aromatic heterocycles. The summed E-state index contributed by atoms with van der Waals surface area (Å²) in [5.74, 6) is -0.533. The minimum Gasteiger partial charge on any atom is -0.465 e. The minimum absolute atomic E-state index is 0.238. The molecule has 0 N–H and O–H groups in total. The van der Waals surface area contributed by atoms with Crippen LogP contribution in [0.15, 0.2) is 11.0 Å². The van der Waals surface area contributed by atoms with Gasteiger partial charge in [-0.05, 0) is 40.7 Å². The monoisotopic (exact) mass is 319 g/mol. The van der Waals surface area contributed by atoms with Crippen LogP contribution in [0.5, 0.6) is 0 Å². The van der Waals surface area contributed by atoms with E-state index in [1.807, 2.05) is 6.92 Å². The largest absolute Gasteiger partial charge is 0.465 e. The summed E-state index contributed by atoms with van der Waals surface area (Å²) in [7, 11) is -3.68. The van der Waals surface area contributed by atoms with Gasteiger partial charge in [0.1, 0.15) is 6.54 Å². The predicted octanol–water partition coefficient (Wildman–Crippen LogP) is 2.33. The molecule has 0 aliphatic heterocycles. The summed E-state index contributed by atoms with van der Waals surface area (Å²) < 4.78 is 31.4. The van der Waals surface area contributed by atoms with Gasteiger partial charge in [0.25, 0.3) is 0 Å². The van der Waals surface area contributed by atoms with E-state index in [1.54, 1.807) is 33.8 Å². The topological polar surface area (TPSA) is 63.7 Å². The van der Waals surface area contributed by atoms with E-state index >= 15 is 0 Å². The maximum atomic E-state index is 12.7. The third-order valence-corrected chi connectivity index (χ3v) is 5.99. The number of nitrogens with zero attached hydrogens (tertiary/aromatic N) is 1. The lowest BCUT2D eigenvalue weighted by Gasteiger charge is -2.24. The number of carbonyl (C=O) groups excluding carboxylic acids is 1. The zero-order valence-corrected chi connectivity index (χ0v) is 14.1. The SMILES string of the molecule is CCOC(=O)CN(C(C)C)S(=O)(=O)c1cc(C)sc1C. The lowest BCUT2D eigenvalue weighted by molar-refractivity contribution is -0.143. The fraction of sp³-hybridized carbons (Fsp3) is 0.615. The van der Waals surface area contributed by atoms with Gasteiger partial charge in [0, 0.05) is 15.8 Å². The van der Waals surface area contributed by atoms with Crippen LogP contribution >= 0.6 is 11.3 Å². The summed E-state index contributed by atoms with van der Waals surface area (Å²) >= 11 is 1.43. The first-order valence-corrected chi connectivity index (χ1v) is 8.70. The molecule has 0 saturated heterocycles. The second-order valence-corrected chi connectivity index (χ2v) is 8.05. The third-order valence-electron chi connectivity index (χ3n) is 2.75. The Labute approximate surface area is 124 Å². The average molecular weight is 319 g/mol. The van der Waals surface area contributed by atoms with E-state index in [0.29, 0.717) is 0 Å². The van der Waals surface area contributed by atoms with Crippen LogP contribution in [-0.2, 0) is 19.6 Å². The van der Waals surface area contributed by atoms with Gasteiger partial charge < -0.3 is 4.74 Å². The number of carbonyl (C=O) groups is 1. The van der Waals surface area contributed by atoms with E-state index in [9.17, 15) is 13.2 Å². The number of ether oxygens (including phenoxy) is 1. The van der Waals surface area contributed by atoms with Crippen LogP contribution in [0.2, 0.25) is 0 Å². The zero-order chi connectivity index (χ0) is 15.5. The molecule has 0 spiro atoms. The number of rotatable bonds is 6. The molecule has 114 valence electrons. The molecule has 0 aromatic carbocycles. The van der Waals surface area contributed by atoms with Crippen LogP contribution in [0, 0.1) is 13.8 Å². The van der Waals surface area contributed by atoms with Crippen LogP contribution in [0.4, 0.5) is 0 Å². The first-order chi connectivity index (χ1) is 9.20. The van der Waals surface area contributed by atoms with Crippen LogP contribution in [0.3, 0.4) is 0 Å². The lowest BCUT2D eigenvalue weighted by Crippen LogP contribution is -2.41. The standard InChI is InChI=1S/C13H21NO4S2/c1-6-18-13(15)8-14(9(2)3)20(16,17)12-7-10(4)19-11(12)5/h7,9H,6,8H2,1-5H3. The molecule has 7 heteroatoms. The Morgan fingerprint density at radius 2 is 2.00 bits per heavy atom. The van der Waals surface area contributed by atoms with Gasteiger partial charge in [0.05, 0.1) is 11.5 Å². The van der Waals surface area contributed by atoms with Gasteiger partial charge in [-0.15, -0.1) is 11.3 Å². The Morgan fingerprint density at radius 3 is 2.40 bits per heavy atom. The van der Waals surface area contributed by atoms with Crippen molar-refractivity contribution in [1.29, 1.82) is 0 Å². The number of esters is 1. The highest BCUT2D eigenvalue weighted by atomic mass is 32.2. The molecule has 20 heavy (non-hydrogen) atoms. The van der Waals surface area contributed by atoms with E-state index in [4.69, 9.17) is 4.74 Å². The van der Waals surface area contributed by atoms with Crippen molar-refractivity contribution in [3.63, 3.8) is 0 Å². The Bertz CT molecular complexity index is 575. The van der Waals surface area contributed by atoms with Gasteiger partial charge in [-0.2, -0.15) is 4.31 Å². The Morgan fingerprint density at radius 1 is 1.40 bits per heavy atom. The van der Waals surface area contributed by atoms with Crippen molar-refractivity contribution in [3.8, 4) is 0 Å². The first kappa shape index (κ1) is 17.1. The second kappa shape index (κ2) is 6.69. The minimum atomic E-state index is -3.68. The van der Waals surface area contributed by atoms with Crippen molar-refractivity contribution in [3.05, 3.63) is 15.8 Å². The maximum absolute atomic E-state index is 12.7. The first-order valence-electron chi connectivity index (χ1n) is 6.44. The molecule has 0 radical (unpaired) electrons. The number of thiophene rings is 1. The Kier molecular flexibility index (Phi) is 5.73. The number of aryl methyl sites for hydroxylation is 2. The fourth-order valence-electron chi connectivity index (χ4n) is 1.87. The van der Waals surface area contributed by atoms with Gasteiger partial charge in [-0.3, -0.25) is 4.79 Å².